The van der Waals surface area contributed by atoms with Crippen LogP contribution in [-0.4, -0.2) is 22.3 Å². The maximum Gasteiger partial charge on any atom is 0.238 e. The Labute approximate surface area is 154 Å². The van der Waals surface area contributed by atoms with E-state index in [0.29, 0.717) is 22.3 Å². The highest BCUT2D eigenvalue weighted by Crippen LogP contribution is 2.39. The Hall–Kier alpha value is -1.30. The number of ketones is 1. The van der Waals surface area contributed by atoms with Crippen LogP contribution < -0.4 is 0 Å². The highest BCUT2D eigenvalue weighted by Gasteiger charge is 2.30. The van der Waals surface area contributed by atoms with Gasteiger partial charge in [-0.15, -0.1) is 11.3 Å². The quantitative estimate of drug-likeness (QED) is 0.697. The van der Waals surface area contributed by atoms with Gasteiger partial charge in [0.05, 0.1) is 22.3 Å². The van der Waals surface area contributed by atoms with Gasteiger partial charge in [-0.2, -0.15) is 0 Å². The first-order valence-corrected chi connectivity index (χ1v) is 9.80. The van der Waals surface area contributed by atoms with Crippen LogP contribution in [0.15, 0.2) is 35.4 Å². The van der Waals surface area contributed by atoms with Crippen LogP contribution in [0.3, 0.4) is 0 Å². The van der Waals surface area contributed by atoms with E-state index in [1.165, 1.54) is 11.8 Å². The number of fused-ring (bicyclic) bond motifs is 1. The molecule has 24 heavy (non-hydrogen) atoms. The van der Waals surface area contributed by atoms with Crippen molar-refractivity contribution in [1.82, 2.24) is 4.90 Å². The minimum absolute atomic E-state index is 0.0153. The summed E-state index contributed by atoms with van der Waals surface area (Å²) in [5.74, 6) is 0.403. The molecule has 0 radical (unpaired) electrons. The van der Waals surface area contributed by atoms with Gasteiger partial charge in [0.2, 0.25) is 5.91 Å². The second kappa shape index (κ2) is 6.54. The number of allylic oxidation sites excluding steroid dienone is 1. The van der Waals surface area contributed by atoms with Crippen molar-refractivity contribution in [2.24, 2.45) is 5.41 Å². The number of benzene rings is 1. The standard InChI is InChI=1S/C18H18ClNO2S2/c1-18(2,3)14(21)8-16-20(15(22)10-23-16)9-13-17(19)11-6-4-5-7-12(11)24-13/h4-8H,9-10H2,1-3H3. The number of nitrogens with zero attached hydrogens (tertiary/aromatic N) is 1. The summed E-state index contributed by atoms with van der Waals surface area (Å²) in [6.07, 6.45) is 1.59. The van der Waals surface area contributed by atoms with E-state index >= 15 is 0 Å². The van der Waals surface area contributed by atoms with Crippen LogP contribution in [0, 0.1) is 5.41 Å². The van der Waals surface area contributed by atoms with Gasteiger partial charge in [0.25, 0.3) is 0 Å². The third-order valence-electron chi connectivity index (χ3n) is 3.81. The summed E-state index contributed by atoms with van der Waals surface area (Å²) in [4.78, 5) is 27.2. The lowest BCUT2D eigenvalue weighted by molar-refractivity contribution is -0.125. The molecule has 1 amide bonds. The van der Waals surface area contributed by atoms with Crippen molar-refractivity contribution in [3.05, 3.63) is 45.3 Å². The summed E-state index contributed by atoms with van der Waals surface area (Å²) < 4.78 is 1.10. The van der Waals surface area contributed by atoms with E-state index in [2.05, 4.69) is 0 Å². The molecule has 0 atom stereocenters. The Bertz CT molecular complexity index is 848. The molecule has 1 aromatic heterocycles. The molecular formula is C18H18ClNO2S2. The molecule has 2 aromatic rings. The number of carbonyl (C=O) groups is 2. The maximum atomic E-state index is 12.3. The predicted octanol–water partition coefficient (Wildman–Crippen LogP) is 5.09. The van der Waals surface area contributed by atoms with Crippen LogP contribution in [0.25, 0.3) is 10.1 Å². The van der Waals surface area contributed by atoms with Crippen LogP contribution in [0.5, 0.6) is 0 Å². The van der Waals surface area contributed by atoms with Gasteiger partial charge >= 0.3 is 0 Å². The van der Waals surface area contributed by atoms with Crippen molar-refractivity contribution in [1.29, 1.82) is 0 Å². The van der Waals surface area contributed by atoms with E-state index < -0.39 is 5.41 Å². The van der Waals surface area contributed by atoms with Gasteiger partial charge in [0.15, 0.2) is 5.78 Å². The van der Waals surface area contributed by atoms with E-state index in [1.54, 1.807) is 22.3 Å². The van der Waals surface area contributed by atoms with Crippen molar-refractivity contribution < 1.29 is 9.59 Å². The summed E-state index contributed by atoms with van der Waals surface area (Å²) in [7, 11) is 0. The number of thioether (sulfide) groups is 1. The number of thiophene rings is 1. The molecule has 1 saturated heterocycles. The number of rotatable bonds is 3. The average Bonchev–Trinajstić information content (AvgIpc) is 3.02. The van der Waals surface area contributed by atoms with E-state index in [1.807, 2.05) is 45.0 Å². The zero-order chi connectivity index (χ0) is 17.5. The van der Waals surface area contributed by atoms with Crippen molar-refractivity contribution in [3.63, 3.8) is 0 Å². The molecule has 0 saturated carbocycles. The molecule has 1 aliphatic rings. The third kappa shape index (κ3) is 3.39. The molecular weight excluding hydrogens is 362 g/mol. The summed E-state index contributed by atoms with van der Waals surface area (Å²) in [5, 5.41) is 2.42. The molecule has 0 bridgehead atoms. The van der Waals surface area contributed by atoms with Gasteiger partial charge in [-0.1, -0.05) is 62.3 Å². The first kappa shape index (κ1) is 17.5. The fraction of sp³-hybridized carbons (Fsp3) is 0.333. The summed E-state index contributed by atoms with van der Waals surface area (Å²) >= 11 is 9.49. The van der Waals surface area contributed by atoms with Crippen molar-refractivity contribution in [2.45, 2.75) is 27.3 Å². The lowest BCUT2D eigenvalue weighted by Gasteiger charge is -2.19. The zero-order valence-corrected chi connectivity index (χ0v) is 16.1. The van der Waals surface area contributed by atoms with Crippen molar-refractivity contribution >= 4 is 56.5 Å². The number of hydrogen-bond donors (Lipinski definition) is 0. The number of halogens is 1. The topological polar surface area (TPSA) is 37.4 Å². The summed E-state index contributed by atoms with van der Waals surface area (Å²) in [6.45, 7) is 6.04. The lowest BCUT2D eigenvalue weighted by atomic mass is 9.91. The van der Waals surface area contributed by atoms with Gasteiger partial charge in [0, 0.05) is 26.5 Å². The van der Waals surface area contributed by atoms with Gasteiger partial charge in [-0.25, -0.2) is 0 Å². The molecule has 1 fully saturated rings. The SMILES string of the molecule is CC(C)(C)C(=O)C=C1SCC(=O)N1Cc1sc2ccccc2c1Cl. The molecule has 0 unspecified atom stereocenters. The fourth-order valence-electron chi connectivity index (χ4n) is 2.34. The van der Waals surface area contributed by atoms with Crippen molar-refractivity contribution in [2.75, 3.05) is 5.75 Å². The Morgan fingerprint density at radius 3 is 2.71 bits per heavy atom. The van der Waals surface area contributed by atoms with Crippen molar-refractivity contribution in [3.8, 4) is 0 Å². The molecule has 0 N–H and O–H groups in total. The minimum atomic E-state index is -0.458. The van der Waals surface area contributed by atoms with Crippen LogP contribution in [-0.2, 0) is 16.1 Å². The molecule has 0 aliphatic carbocycles. The second-order valence-corrected chi connectivity index (χ2v) is 9.21. The molecule has 3 nitrogen and oxygen atoms in total. The molecule has 2 heterocycles. The number of carbonyl (C=O) groups excluding carboxylic acids is 2. The van der Waals surface area contributed by atoms with Crippen LogP contribution >= 0.6 is 34.7 Å². The highest BCUT2D eigenvalue weighted by molar-refractivity contribution is 8.04. The highest BCUT2D eigenvalue weighted by atomic mass is 35.5. The maximum absolute atomic E-state index is 12.3. The normalized spacial score (nSPS) is 17.2. The first-order valence-electron chi connectivity index (χ1n) is 7.62. The van der Waals surface area contributed by atoms with Gasteiger partial charge in [0.1, 0.15) is 0 Å². The fourth-order valence-corrected chi connectivity index (χ4v) is 4.76. The molecule has 1 aromatic carbocycles. The van der Waals surface area contributed by atoms with Crippen LogP contribution in [0.2, 0.25) is 5.02 Å². The summed E-state index contributed by atoms with van der Waals surface area (Å²) in [6, 6.07) is 7.94. The van der Waals surface area contributed by atoms with E-state index in [9.17, 15) is 9.59 Å². The monoisotopic (exact) mass is 379 g/mol. The van der Waals surface area contributed by atoms with E-state index in [0.717, 1.165) is 15.0 Å². The number of hydrogen-bond acceptors (Lipinski definition) is 4. The Balaban J connectivity index is 1.91. The third-order valence-corrected chi connectivity index (χ3v) is 6.53. The van der Waals surface area contributed by atoms with Gasteiger partial charge in [-0.3, -0.25) is 9.59 Å². The van der Waals surface area contributed by atoms with E-state index in [4.69, 9.17) is 11.6 Å². The molecule has 0 spiro atoms. The van der Waals surface area contributed by atoms with Gasteiger partial charge < -0.3 is 4.90 Å². The zero-order valence-electron chi connectivity index (χ0n) is 13.8. The lowest BCUT2D eigenvalue weighted by Crippen LogP contribution is -2.25. The van der Waals surface area contributed by atoms with Crippen LogP contribution in [0.4, 0.5) is 0 Å². The molecule has 126 valence electrons. The minimum Gasteiger partial charge on any atom is -0.301 e. The molecule has 1 aliphatic heterocycles. The Morgan fingerprint density at radius 2 is 2.04 bits per heavy atom. The summed E-state index contributed by atoms with van der Waals surface area (Å²) in [5.41, 5.74) is -0.458. The molecule has 3 rings (SSSR count). The number of amides is 1. The Morgan fingerprint density at radius 1 is 1.33 bits per heavy atom. The van der Waals surface area contributed by atoms with E-state index in [-0.39, 0.29) is 11.7 Å². The second-order valence-electron chi connectivity index (χ2n) is 6.70. The smallest absolute Gasteiger partial charge is 0.238 e. The predicted molar refractivity (Wildman–Crippen MR) is 102 cm³/mol. The Kier molecular flexibility index (Phi) is 4.78. The largest absolute Gasteiger partial charge is 0.301 e. The average molecular weight is 380 g/mol. The van der Waals surface area contributed by atoms with Crippen LogP contribution in [0.1, 0.15) is 25.6 Å². The van der Waals surface area contributed by atoms with Gasteiger partial charge in [-0.05, 0) is 6.07 Å². The molecule has 6 heteroatoms. The first-order chi connectivity index (χ1) is 11.3.